The monoisotopic (exact) mass is 520 g/mol. The highest BCUT2D eigenvalue weighted by atomic mass is 16.5. The van der Waals surface area contributed by atoms with Crippen LogP contribution in [0.2, 0.25) is 0 Å². The summed E-state index contributed by atoms with van der Waals surface area (Å²) in [6, 6.07) is 19.5. The first kappa shape index (κ1) is 27.8. The van der Waals surface area contributed by atoms with Crippen LogP contribution in [0.4, 0.5) is 0 Å². The largest absolute Gasteiger partial charge is 0.492 e. The van der Waals surface area contributed by atoms with Gasteiger partial charge in [-0.2, -0.15) is 5.10 Å². The van der Waals surface area contributed by atoms with Crippen molar-refractivity contribution >= 4 is 13.0 Å². The number of carbonyl (C=O) groups is 1. The van der Waals surface area contributed by atoms with Crippen LogP contribution in [0.3, 0.4) is 0 Å². The van der Waals surface area contributed by atoms with Crippen molar-refractivity contribution in [1.29, 1.82) is 0 Å². The minimum absolute atomic E-state index is 0.0543. The zero-order chi connectivity index (χ0) is 26.9. The Bertz CT molecular complexity index is 1170. The van der Waals surface area contributed by atoms with Crippen LogP contribution in [0.25, 0.3) is 22.5 Å². The molecule has 0 spiro atoms. The second kappa shape index (κ2) is 13.6. The molecule has 38 heavy (non-hydrogen) atoms. The molecule has 9 nitrogen and oxygen atoms in total. The molecule has 3 aromatic rings. The number of benzene rings is 2. The predicted octanol–water partition coefficient (Wildman–Crippen LogP) is 2.47. The van der Waals surface area contributed by atoms with Gasteiger partial charge in [-0.1, -0.05) is 56.3 Å². The fourth-order valence-corrected chi connectivity index (χ4v) is 4.53. The molecule has 1 amide bonds. The van der Waals surface area contributed by atoms with Crippen molar-refractivity contribution in [1.82, 2.24) is 20.0 Å². The predicted molar refractivity (Wildman–Crippen MR) is 147 cm³/mol. The molecule has 1 aliphatic rings. The van der Waals surface area contributed by atoms with Crippen LogP contribution in [0.5, 0.6) is 5.75 Å². The molecule has 0 aliphatic carbocycles. The number of rotatable bonds is 12. The topological polar surface area (TPSA) is 109 Å². The Morgan fingerprint density at radius 1 is 1.08 bits per heavy atom. The number of aromatic nitrogens is 2. The van der Waals surface area contributed by atoms with Gasteiger partial charge >= 0.3 is 7.12 Å². The normalized spacial score (nSPS) is 14.9. The second-order valence-corrected chi connectivity index (χ2v) is 9.99. The van der Waals surface area contributed by atoms with E-state index in [1.807, 2.05) is 74.5 Å². The zero-order valence-corrected chi connectivity index (χ0v) is 22.1. The van der Waals surface area contributed by atoms with E-state index in [1.165, 1.54) is 0 Å². The van der Waals surface area contributed by atoms with Gasteiger partial charge in [-0.05, 0) is 36.1 Å². The number of hydrogen-bond acceptors (Lipinski definition) is 7. The lowest BCUT2D eigenvalue weighted by Crippen LogP contribution is -2.48. The molecule has 0 radical (unpaired) electrons. The molecule has 1 aliphatic heterocycles. The molecule has 4 rings (SSSR count). The quantitative estimate of drug-likeness (QED) is 0.315. The van der Waals surface area contributed by atoms with E-state index in [2.05, 4.69) is 10.2 Å². The molecule has 2 heterocycles. The van der Waals surface area contributed by atoms with E-state index in [0.717, 1.165) is 61.1 Å². The van der Waals surface area contributed by atoms with E-state index >= 15 is 0 Å². The molecule has 1 saturated heterocycles. The number of nitrogens with one attached hydrogen (secondary N) is 1. The molecule has 2 aromatic carbocycles. The smallest absolute Gasteiger partial charge is 0.475 e. The summed E-state index contributed by atoms with van der Waals surface area (Å²) < 4.78 is 13.1. The van der Waals surface area contributed by atoms with E-state index in [-0.39, 0.29) is 18.4 Å². The first-order chi connectivity index (χ1) is 18.4. The van der Waals surface area contributed by atoms with Gasteiger partial charge in [0.2, 0.25) is 5.91 Å². The van der Waals surface area contributed by atoms with Crippen molar-refractivity contribution < 1.29 is 24.3 Å². The third-order valence-electron chi connectivity index (χ3n) is 6.48. The average molecular weight is 520 g/mol. The number of nitrogens with zero attached hydrogens (tertiary/aromatic N) is 3. The average Bonchev–Trinajstić information content (AvgIpc) is 3.33. The number of amides is 1. The Balaban J connectivity index is 1.50. The van der Waals surface area contributed by atoms with Crippen LogP contribution in [0, 0.1) is 5.92 Å². The van der Waals surface area contributed by atoms with E-state index in [9.17, 15) is 14.8 Å². The minimum atomic E-state index is -1.63. The Kier molecular flexibility index (Phi) is 9.94. The molecular weight excluding hydrogens is 483 g/mol. The Morgan fingerprint density at radius 3 is 2.53 bits per heavy atom. The number of hydrogen-bond donors (Lipinski definition) is 3. The molecule has 202 valence electrons. The fraction of sp³-hybridized carbons (Fsp3) is 0.429. The van der Waals surface area contributed by atoms with E-state index < -0.39 is 13.1 Å². The Morgan fingerprint density at radius 2 is 1.82 bits per heavy atom. The third-order valence-corrected chi connectivity index (χ3v) is 6.48. The van der Waals surface area contributed by atoms with Crippen LogP contribution in [0.15, 0.2) is 60.7 Å². The minimum Gasteiger partial charge on any atom is -0.492 e. The molecule has 0 bridgehead atoms. The van der Waals surface area contributed by atoms with Crippen molar-refractivity contribution in [3.63, 3.8) is 0 Å². The summed E-state index contributed by atoms with van der Waals surface area (Å²) in [7, 11) is -1.63. The van der Waals surface area contributed by atoms with Gasteiger partial charge in [0.05, 0.1) is 30.5 Å². The zero-order valence-electron chi connectivity index (χ0n) is 22.1. The SMILES string of the molecule is CC(C)C[C@H](NC(=O)Cn1nc(-c2cccc(OCCN3CCOCC3)c2)cc1-c1ccccc1)B(O)O. The highest BCUT2D eigenvalue weighted by Crippen LogP contribution is 2.28. The Hall–Kier alpha value is -3.18. The first-order valence-electron chi connectivity index (χ1n) is 13.2. The summed E-state index contributed by atoms with van der Waals surface area (Å²) in [5.74, 6) is -0.126. The highest BCUT2D eigenvalue weighted by Gasteiger charge is 2.26. The molecule has 10 heteroatoms. The van der Waals surface area contributed by atoms with Gasteiger partial charge in [-0.15, -0.1) is 0 Å². The summed E-state index contributed by atoms with van der Waals surface area (Å²) in [6.07, 6.45) is 0.456. The first-order valence-corrected chi connectivity index (χ1v) is 13.2. The van der Waals surface area contributed by atoms with Gasteiger partial charge in [0.25, 0.3) is 0 Å². The van der Waals surface area contributed by atoms with E-state index in [4.69, 9.17) is 14.6 Å². The van der Waals surface area contributed by atoms with Gasteiger partial charge < -0.3 is 24.8 Å². The van der Waals surface area contributed by atoms with Crippen molar-refractivity contribution in [3.05, 3.63) is 60.7 Å². The van der Waals surface area contributed by atoms with Gasteiger partial charge in [0.1, 0.15) is 18.9 Å². The van der Waals surface area contributed by atoms with E-state index in [1.54, 1.807) is 4.68 Å². The fourth-order valence-electron chi connectivity index (χ4n) is 4.53. The lowest BCUT2D eigenvalue weighted by molar-refractivity contribution is -0.122. The van der Waals surface area contributed by atoms with Crippen molar-refractivity contribution in [2.75, 3.05) is 39.5 Å². The maximum Gasteiger partial charge on any atom is 0.475 e. The number of ether oxygens (including phenoxy) is 2. The van der Waals surface area contributed by atoms with Crippen LogP contribution in [0.1, 0.15) is 20.3 Å². The summed E-state index contributed by atoms with van der Waals surface area (Å²) in [4.78, 5) is 15.2. The number of morpholine rings is 1. The molecule has 1 fully saturated rings. The molecule has 1 atom stereocenters. The van der Waals surface area contributed by atoms with Crippen molar-refractivity contribution in [3.8, 4) is 28.3 Å². The summed E-state index contributed by atoms with van der Waals surface area (Å²) in [5.41, 5.74) is 3.32. The lowest BCUT2D eigenvalue weighted by Gasteiger charge is -2.26. The van der Waals surface area contributed by atoms with E-state index in [0.29, 0.717) is 13.0 Å². The summed E-state index contributed by atoms with van der Waals surface area (Å²) in [5, 5.41) is 27.0. The molecule has 0 saturated carbocycles. The van der Waals surface area contributed by atoms with Crippen LogP contribution < -0.4 is 10.1 Å². The summed E-state index contributed by atoms with van der Waals surface area (Å²) in [6.45, 7) is 8.68. The standard InChI is InChI=1S/C28H37BN4O5/c1-21(2)17-27(29(35)36)30-28(34)20-33-26(22-7-4-3-5-8-22)19-25(31-33)23-9-6-10-24(18-23)38-16-13-32-11-14-37-15-12-32/h3-10,18-19,21,27,35-36H,11-17,20H2,1-2H3,(H,30,34)/t27-/m0/s1. The van der Waals surface area contributed by atoms with Crippen LogP contribution in [-0.2, 0) is 16.1 Å². The lowest BCUT2D eigenvalue weighted by atomic mass is 9.75. The second-order valence-electron chi connectivity index (χ2n) is 9.99. The van der Waals surface area contributed by atoms with Crippen molar-refractivity contribution in [2.45, 2.75) is 32.8 Å². The molecule has 3 N–H and O–H groups in total. The van der Waals surface area contributed by atoms with Gasteiger partial charge in [-0.3, -0.25) is 14.4 Å². The molecule has 1 aromatic heterocycles. The van der Waals surface area contributed by atoms with Crippen LogP contribution >= 0.6 is 0 Å². The molecule has 0 unspecified atom stereocenters. The maximum atomic E-state index is 12.9. The summed E-state index contributed by atoms with van der Waals surface area (Å²) >= 11 is 0. The third kappa shape index (κ3) is 7.91. The van der Waals surface area contributed by atoms with Gasteiger partial charge in [0.15, 0.2) is 0 Å². The molecular formula is C28H37BN4O5. The number of carbonyl (C=O) groups excluding carboxylic acids is 1. The Labute approximate surface area is 224 Å². The maximum absolute atomic E-state index is 12.9. The van der Waals surface area contributed by atoms with Crippen molar-refractivity contribution in [2.24, 2.45) is 5.92 Å². The van der Waals surface area contributed by atoms with Gasteiger partial charge in [-0.25, -0.2) is 0 Å². The van der Waals surface area contributed by atoms with Gasteiger partial charge in [0, 0.05) is 25.2 Å². The van der Waals surface area contributed by atoms with Crippen LogP contribution in [-0.4, -0.2) is 83.2 Å². The highest BCUT2D eigenvalue weighted by molar-refractivity contribution is 6.43.